The fourth-order valence-corrected chi connectivity index (χ4v) is 2.14. The Morgan fingerprint density at radius 3 is 1.65 bits per heavy atom. The van der Waals surface area contributed by atoms with Crippen molar-refractivity contribution in [2.24, 2.45) is 0 Å². The Labute approximate surface area is 148 Å². The average molecular weight is 350 g/mol. The standard InChI is InChI=1S/C20H14O6/c21-15-5-11-17(12-6-15)25-16-9-3-14(4-10-16)20(24)26-18-7-1-13(2-8-18)19(22)23/h1-12,21H,(H,22,23). The van der Waals surface area contributed by atoms with Gasteiger partial charge in [0.25, 0.3) is 0 Å². The number of aromatic hydroxyl groups is 1. The molecule has 0 bridgehead atoms. The molecule has 0 spiro atoms. The van der Waals surface area contributed by atoms with E-state index in [2.05, 4.69) is 0 Å². The van der Waals surface area contributed by atoms with Crippen LogP contribution in [-0.2, 0) is 0 Å². The lowest BCUT2D eigenvalue weighted by Gasteiger charge is -2.07. The monoisotopic (exact) mass is 350 g/mol. The number of carboxylic acids is 1. The Hall–Kier alpha value is -3.80. The number of hydrogen-bond donors (Lipinski definition) is 2. The van der Waals surface area contributed by atoms with Crippen LogP contribution in [0.1, 0.15) is 20.7 Å². The summed E-state index contributed by atoms with van der Waals surface area (Å²) < 4.78 is 10.8. The van der Waals surface area contributed by atoms with Gasteiger partial charge in [0.15, 0.2) is 0 Å². The minimum Gasteiger partial charge on any atom is -0.508 e. The molecule has 0 aliphatic heterocycles. The van der Waals surface area contributed by atoms with Gasteiger partial charge in [0.05, 0.1) is 11.1 Å². The lowest BCUT2D eigenvalue weighted by molar-refractivity contribution is 0.0696. The lowest BCUT2D eigenvalue weighted by Crippen LogP contribution is -2.08. The van der Waals surface area contributed by atoms with Gasteiger partial charge in [-0.05, 0) is 72.8 Å². The predicted octanol–water partition coefficient (Wildman–Crippen LogP) is 4.10. The molecule has 3 rings (SSSR count). The van der Waals surface area contributed by atoms with E-state index in [-0.39, 0.29) is 17.1 Å². The van der Waals surface area contributed by atoms with Gasteiger partial charge in [-0.1, -0.05) is 0 Å². The number of phenols is 1. The van der Waals surface area contributed by atoms with Crippen molar-refractivity contribution in [1.82, 2.24) is 0 Å². The molecular weight excluding hydrogens is 336 g/mol. The number of ether oxygens (including phenoxy) is 2. The van der Waals surface area contributed by atoms with Gasteiger partial charge in [0.2, 0.25) is 0 Å². The number of esters is 1. The van der Waals surface area contributed by atoms with Crippen LogP contribution in [0.2, 0.25) is 0 Å². The Morgan fingerprint density at radius 1 is 0.654 bits per heavy atom. The second-order valence-electron chi connectivity index (χ2n) is 5.34. The molecular formula is C20H14O6. The summed E-state index contributed by atoms with van der Waals surface area (Å²) in [6.45, 7) is 0. The quantitative estimate of drug-likeness (QED) is 0.531. The van der Waals surface area contributed by atoms with Gasteiger partial charge in [0.1, 0.15) is 23.0 Å². The average Bonchev–Trinajstić information content (AvgIpc) is 2.64. The van der Waals surface area contributed by atoms with Crippen molar-refractivity contribution in [2.75, 3.05) is 0 Å². The van der Waals surface area contributed by atoms with Crippen molar-refractivity contribution in [1.29, 1.82) is 0 Å². The molecule has 2 N–H and O–H groups in total. The number of hydrogen-bond acceptors (Lipinski definition) is 5. The van der Waals surface area contributed by atoms with Crippen molar-refractivity contribution < 1.29 is 29.3 Å². The molecule has 0 aliphatic rings. The molecule has 130 valence electrons. The highest BCUT2D eigenvalue weighted by Gasteiger charge is 2.10. The van der Waals surface area contributed by atoms with E-state index in [0.717, 1.165) is 0 Å². The second kappa shape index (κ2) is 7.40. The van der Waals surface area contributed by atoms with Gasteiger partial charge >= 0.3 is 11.9 Å². The van der Waals surface area contributed by atoms with Gasteiger partial charge in [0, 0.05) is 0 Å². The van der Waals surface area contributed by atoms with E-state index in [1.165, 1.54) is 36.4 Å². The highest BCUT2D eigenvalue weighted by Crippen LogP contribution is 2.24. The molecule has 26 heavy (non-hydrogen) atoms. The fraction of sp³-hybridized carbons (Fsp3) is 0. The fourth-order valence-electron chi connectivity index (χ4n) is 2.14. The lowest BCUT2D eigenvalue weighted by atomic mass is 10.2. The summed E-state index contributed by atoms with van der Waals surface area (Å²) in [6.07, 6.45) is 0. The number of carboxylic acid groups (broad SMARTS) is 1. The van der Waals surface area contributed by atoms with Crippen LogP contribution in [0.4, 0.5) is 0 Å². The molecule has 0 amide bonds. The zero-order valence-electron chi connectivity index (χ0n) is 13.5. The normalized spacial score (nSPS) is 10.2. The van der Waals surface area contributed by atoms with Crippen LogP contribution in [0.5, 0.6) is 23.0 Å². The van der Waals surface area contributed by atoms with E-state index in [0.29, 0.717) is 17.1 Å². The van der Waals surface area contributed by atoms with E-state index in [1.54, 1.807) is 36.4 Å². The van der Waals surface area contributed by atoms with Gasteiger partial charge in [-0.2, -0.15) is 0 Å². The van der Waals surface area contributed by atoms with Crippen LogP contribution in [0.25, 0.3) is 0 Å². The number of phenolic OH excluding ortho intramolecular Hbond substituents is 1. The SMILES string of the molecule is O=C(O)c1ccc(OC(=O)c2ccc(Oc3ccc(O)cc3)cc2)cc1. The highest BCUT2D eigenvalue weighted by atomic mass is 16.5. The maximum absolute atomic E-state index is 12.1. The van der Waals surface area contributed by atoms with E-state index in [1.807, 2.05) is 0 Å². The molecule has 0 fully saturated rings. The number of carbonyl (C=O) groups excluding carboxylic acids is 1. The molecule has 0 aromatic heterocycles. The van der Waals surface area contributed by atoms with Crippen LogP contribution < -0.4 is 9.47 Å². The van der Waals surface area contributed by atoms with Crippen molar-refractivity contribution in [3.63, 3.8) is 0 Å². The van der Waals surface area contributed by atoms with Crippen LogP contribution in [-0.4, -0.2) is 22.2 Å². The first-order valence-electron chi connectivity index (χ1n) is 7.64. The van der Waals surface area contributed by atoms with E-state index >= 15 is 0 Å². The largest absolute Gasteiger partial charge is 0.508 e. The van der Waals surface area contributed by atoms with Gasteiger partial charge < -0.3 is 19.7 Å². The third kappa shape index (κ3) is 4.18. The molecule has 0 atom stereocenters. The summed E-state index contributed by atoms with van der Waals surface area (Å²) in [7, 11) is 0. The number of rotatable bonds is 5. The number of benzene rings is 3. The maximum Gasteiger partial charge on any atom is 0.343 e. The molecule has 0 aliphatic carbocycles. The minimum absolute atomic E-state index is 0.112. The summed E-state index contributed by atoms with van der Waals surface area (Å²) in [5.74, 6) is -0.137. The van der Waals surface area contributed by atoms with Crippen LogP contribution in [0.3, 0.4) is 0 Å². The van der Waals surface area contributed by atoms with E-state index < -0.39 is 11.9 Å². The summed E-state index contributed by atoms with van der Waals surface area (Å²) in [4.78, 5) is 22.9. The first-order valence-corrected chi connectivity index (χ1v) is 7.64. The van der Waals surface area contributed by atoms with E-state index in [4.69, 9.17) is 14.6 Å². The first kappa shape index (κ1) is 17.0. The summed E-state index contributed by atoms with van der Waals surface area (Å²) in [5, 5.41) is 18.1. The van der Waals surface area contributed by atoms with Crippen molar-refractivity contribution in [3.8, 4) is 23.0 Å². The Balaban J connectivity index is 1.64. The molecule has 0 saturated carbocycles. The molecule has 6 nitrogen and oxygen atoms in total. The summed E-state index contributed by atoms with van der Waals surface area (Å²) in [5.41, 5.74) is 0.436. The number of aromatic carboxylic acids is 1. The molecule has 3 aromatic rings. The third-order valence-corrected chi connectivity index (χ3v) is 3.47. The van der Waals surface area contributed by atoms with Crippen LogP contribution in [0.15, 0.2) is 72.8 Å². The van der Waals surface area contributed by atoms with Crippen LogP contribution >= 0.6 is 0 Å². The minimum atomic E-state index is -1.05. The molecule has 0 heterocycles. The zero-order chi connectivity index (χ0) is 18.5. The van der Waals surface area contributed by atoms with Gasteiger partial charge in [-0.25, -0.2) is 9.59 Å². The number of carbonyl (C=O) groups is 2. The predicted molar refractivity (Wildman–Crippen MR) is 93.0 cm³/mol. The first-order chi connectivity index (χ1) is 12.5. The van der Waals surface area contributed by atoms with Gasteiger partial charge in [-0.15, -0.1) is 0 Å². The van der Waals surface area contributed by atoms with Crippen molar-refractivity contribution in [3.05, 3.63) is 83.9 Å². The topological polar surface area (TPSA) is 93.1 Å². The van der Waals surface area contributed by atoms with E-state index in [9.17, 15) is 14.7 Å². The van der Waals surface area contributed by atoms with Crippen molar-refractivity contribution >= 4 is 11.9 Å². The molecule has 0 saturated heterocycles. The summed E-state index contributed by atoms with van der Waals surface area (Å²) >= 11 is 0. The molecule has 6 heteroatoms. The highest BCUT2D eigenvalue weighted by molar-refractivity contribution is 5.91. The van der Waals surface area contributed by atoms with Crippen LogP contribution in [0, 0.1) is 0 Å². The maximum atomic E-state index is 12.1. The zero-order valence-corrected chi connectivity index (χ0v) is 13.5. The summed E-state index contributed by atoms with van der Waals surface area (Å²) in [6, 6.07) is 18.2. The Bertz CT molecular complexity index is 912. The smallest absolute Gasteiger partial charge is 0.343 e. The molecule has 0 unspecified atom stereocenters. The Kier molecular flexibility index (Phi) is 4.85. The third-order valence-electron chi connectivity index (χ3n) is 3.47. The second-order valence-corrected chi connectivity index (χ2v) is 5.34. The van der Waals surface area contributed by atoms with Crippen molar-refractivity contribution in [2.45, 2.75) is 0 Å². The molecule has 0 radical (unpaired) electrons. The molecule has 3 aromatic carbocycles. The Morgan fingerprint density at radius 2 is 1.12 bits per heavy atom. The van der Waals surface area contributed by atoms with Gasteiger partial charge in [-0.3, -0.25) is 0 Å².